The van der Waals surface area contributed by atoms with Gasteiger partial charge in [-0.15, -0.1) is 0 Å². The summed E-state index contributed by atoms with van der Waals surface area (Å²) in [6, 6.07) is 7.42. The van der Waals surface area contributed by atoms with Crippen LogP contribution in [0.2, 0.25) is 5.02 Å². The van der Waals surface area contributed by atoms with Crippen LogP contribution in [0.1, 0.15) is 31.7 Å². The molecule has 0 saturated carbocycles. The molecule has 2 heteroatoms. The Bertz CT molecular complexity index is 338. The van der Waals surface area contributed by atoms with Crippen molar-refractivity contribution in [3.05, 3.63) is 40.9 Å². The largest absolute Gasteiger partial charge is 0.295 e. The first-order valence-electron chi connectivity index (χ1n) is 5.19. The average Bonchev–Trinajstić information content (AvgIpc) is 2.25. The number of halogens is 1. The maximum absolute atomic E-state index is 11.3. The lowest BCUT2D eigenvalue weighted by Crippen LogP contribution is -1.90. The fraction of sp³-hybridized carbons (Fsp3) is 0.308. The Kier molecular flexibility index (Phi) is 5.13. The molecule has 0 spiro atoms. The normalized spacial score (nSPS) is 10.8. The van der Waals surface area contributed by atoms with Gasteiger partial charge in [-0.05, 0) is 30.2 Å². The van der Waals surface area contributed by atoms with Gasteiger partial charge in [0.05, 0.1) is 0 Å². The summed E-state index contributed by atoms with van der Waals surface area (Å²) in [5, 5.41) is 0.712. The molecule has 0 fully saturated rings. The van der Waals surface area contributed by atoms with E-state index in [1.807, 2.05) is 30.3 Å². The molecule has 0 aliphatic heterocycles. The first-order valence-corrected chi connectivity index (χ1v) is 5.56. The molecule has 0 unspecified atom stereocenters. The molecule has 0 N–H and O–H groups in total. The van der Waals surface area contributed by atoms with Crippen LogP contribution in [0.3, 0.4) is 0 Å². The molecule has 0 saturated heterocycles. The van der Waals surface area contributed by atoms with Crippen LogP contribution in [-0.2, 0) is 4.79 Å². The number of carbonyl (C=O) groups excluding carboxylic acids is 1. The molecule has 0 aliphatic rings. The van der Waals surface area contributed by atoms with Crippen molar-refractivity contribution < 1.29 is 4.79 Å². The molecule has 0 aliphatic carbocycles. The van der Waals surface area contributed by atoms with Crippen molar-refractivity contribution in [2.75, 3.05) is 0 Å². The van der Waals surface area contributed by atoms with Crippen LogP contribution in [0.25, 0.3) is 6.08 Å². The predicted molar refractivity (Wildman–Crippen MR) is 65.0 cm³/mol. The summed E-state index contributed by atoms with van der Waals surface area (Å²) in [4.78, 5) is 11.3. The second kappa shape index (κ2) is 6.41. The molecule has 0 heterocycles. The van der Waals surface area contributed by atoms with E-state index in [1.54, 1.807) is 6.08 Å². The summed E-state index contributed by atoms with van der Waals surface area (Å²) in [6.45, 7) is 2.08. The molecule has 0 amide bonds. The van der Waals surface area contributed by atoms with Gasteiger partial charge in [0.2, 0.25) is 0 Å². The number of allylic oxidation sites excluding steroid dienone is 1. The monoisotopic (exact) mass is 222 g/mol. The molecule has 0 aromatic heterocycles. The van der Waals surface area contributed by atoms with Crippen molar-refractivity contribution in [3.8, 4) is 0 Å². The second-order valence-corrected chi connectivity index (χ2v) is 3.89. The highest BCUT2D eigenvalue weighted by Gasteiger charge is 1.95. The molecule has 0 atom stereocenters. The van der Waals surface area contributed by atoms with Crippen molar-refractivity contribution in [1.29, 1.82) is 0 Å². The lowest BCUT2D eigenvalue weighted by Gasteiger charge is -1.94. The van der Waals surface area contributed by atoms with E-state index in [-0.39, 0.29) is 5.78 Å². The molecule has 80 valence electrons. The average molecular weight is 223 g/mol. The zero-order chi connectivity index (χ0) is 11.1. The van der Waals surface area contributed by atoms with Gasteiger partial charge in [-0.3, -0.25) is 4.79 Å². The van der Waals surface area contributed by atoms with Crippen LogP contribution in [0.15, 0.2) is 30.3 Å². The standard InChI is InChI=1S/C13H15ClO/c1-2-3-4-13(15)10-7-11-5-8-12(14)9-6-11/h5-10H,2-4H2,1H3/b10-7+. The fourth-order valence-electron chi connectivity index (χ4n) is 1.20. The van der Waals surface area contributed by atoms with Gasteiger partial charge in [0.1, 0.15) is 0 Å². The van der Waals surface area contributed by atoms with Gasteiger partial charge >= 0.3 is 0 Å². The Balaban J connectivity index is 2.50. The zero-order valence-corrected chi connectivity index (χ0v) is 9.63. The van der Waals surface area contributed by atoms with Crippen molar-refractivity contribution in [3.63, 3.8) is 0 Å². The second-order valence-electron chi connectivity index (χ2n) is 3.45. The smallest absolute Gasteiger partial charge is 0.155 e. The van der Waals surface area contributed by atoms with Crippen LogP contribution in [0, 0.1) is 0 Å². The fourth-order valence-corrected chi connectivity index (χ4v) is 1.32. The molecule has 1 nitrogen and oxygen atoms in total. The highest BCUT2D eigenvalue weighted by Crippen LogP contribution is 2.10. The minimum absolute atomic E-state index is 0.187. The number of unbranched alkanes of at least 4 members (excludes halogenated alkanes) is 1. The van der Waals surface area contributed by atoms with E-state index in [2.05, 4.69) is 6.92 Å². The highest BCUT2D eigenvalue weighted by molar-refractivity contribution is 6.30. The third kappa shape index (κ3) is 4.80. The maximum Gasteiger partial charge on any atom is 0.155 e. The van der Waals surface area contributed by atoms with E-state index in [0.717, 1.165) is 18.4 Å². The summed E-state index contributed by atoms with van der Waals surface area (Å²) in [5.41, 5.74) is 1.00. The van der Waals surface area contributed by atoms with Crippen LogP contribution < -0.4 is 0 Å². The number of ketones is 1. The van der Waals surface area contributed by atoms with E-state index in [9.17, 15) is 4.79 Å². The minimum atomic E-state index is 0.187. The van der Waals surface area contributed by atoms with Crippen molar-refractivity contribution in [2.24, 2.45) is 0 Å². The van der Waals surface area contributed by atoms with E-state index < -0.39 is 0 Å². The highest BCUT2D eigenvalue weighted by atomic mass is 35.5. The number of rotatable bonds is 5. The quantitative estimate of drug-likeness (QED) is 0.686. The molecule has 1 rings (SSSR count). The van der Waals surface area contributed by atoms with E-state index in [0.29, 0.717) is 11.4 Å². The van der Waals surface area contributed by atoms with E-state index in [1.165, 1.54) is 0 Å². The number of hydrogen-bond donors (Lipinski definition) is 0. The van der Waals surface area contributed by atoms with Crippen LogP contribution in [-0.4, -0.2) is 5.78 Å². The topological polar surface area (TPSA) is 17.1 Å². The van der Waals surface area contributed by atoms with Crippen LogP contribution >= 0.6 is 11.6 Å². The van der Waals surface area contributed by atoms with Crippen LogP contribution in [0.5, 0.6) is 0 Å². The lowest BCUT2D eigenvalue weighted by molar-refractivity contribution is -0.114. The van der Waals surface area contributed by atoms with Gasteiger partial charge in [0.15, 0.2) is 5.78 Å². The number of carbonyl (C=O) groups is 1. The Morgan fingerprint density at radius 2 is 2.00 bits per heavy atom. The first-order chi connectivity index (χ1) is 7.22. The third-order valence-corrected chi connectivity index (χ3v) is 2.36. The molecular formula is C13H15ClO. The van der Waals surface area contributed by atoms with Crippen molar-refractivity contribution in [1.82, 2.24) is 0 Å². The van der Waals surface area contributed by atoms with Crippen molar-refractivity contribution >= 4 is 23.5 Å². The molecule has 0 radical (unpaired) electrons. The Morgan fingerprint density at radius 3 is 2.60 bits per heavy atom. The minimum Gasteiger partial charge on any atom is -0.295 e. The molecule has 1 aromatic rings. The van der Waals surface area contributed by atoms with Gasteiger partial charge in [-0.2, -0.15) is 0 Å². The number of hydrogen-bond acceptors (Lipinski definition) is 1. The first kappa shape index (κ1) is 12.0. The molecule has 15 heavy (non-hydrogen) atoms. The Labute approximate surface area is 95.8 Å². The van der Waals surface area contributed by atoms with Gasteiger partial charge < -0.3 is 0 Å². The molecule has 1 aromatic carbocycles. The SMILES string of the molecule is CCCCC(=O)/C=C/c1ccc(Cl)cc1. The van der Waals surface area contributed by atoms with E-state index in [4.69, 9.17) is 11.6 Å². The molecule has 0 bridgehead atoms. The van der Waals surface area contributed by atoms with Gasteiger partial charge in [-0.1, -0.05) is 43.2 Å². The summed E-state index contributed by atoms with van der Waals surface area (Å²) in [5.74, 6) is 0.187. The summed E-state index contributed by atoms with van der Waals surface area (Å²) >= 11 is 5.75. The maximum atomic E-state index is 11.3. The van der Waals surface area contributed by atoms with Gasteiger partial charge in [-0.25, -0.2) is 0 Å². The Hall–Kier alpha value is -1.08. The van der Waals surface area contributed by atoms with E-state index >= 15 is 0 Å². The van der Waals surface area contributed by atoms with Gasteiger partial charge in [0, 0.05) is 11.4 Å². The lowest BCUT2D eigenvalue weighted by atomic mass is 10.1. The summed E-state index contributed by atoms with van der Waals surface area (Å²) < 4.78 is 0. The predicted octanol–water partition coefficient (Wildman–Crippen LogP) is 4.11. The summed E-state index contributed by atoms with van der Waals surface area (Å²) in [6.07, 6.45) is 6.12. The molecular weight excluding hydrogens is 208 g/mol. The Morgan fingerprint density at radius 1 is 1.33 bits per heavy atom. The third-order valence-electron chi connectivity index (χ3n) is 2.11. The summed E-state index contributed by atoms with van der Waals surface area (Å²) in [7, 11) is 0. The van der Waals surface area contributed by atoms with Crippen molar-refractivity contribution in [2.45, 2.75) is 26.2 Å². The zero-order valence-electron chi connectivity index (χ0n) is 8.87. The number of benzene rings is 1. The van der Waals surface area contributed by atoms with Gasteiger partial charge in [0.25, 0.3) is 0 Å². The van der Waals surface area contributed by atoms with Crippen LogP contribution in [0.4, 0.5) is 0 Å².